The van der Waals surface area contributed by atoms with Gasteiger partial charge >= 0.3 is 6.09 Å². The number of ether oxygens (including phenoxy) is 1. The van der Waals surface area contributed by atoms with Crippen molar-refractivity contribution in [1.82, 2.24) is 14.9 Å². The van der Waals surface area contributed by atoms with Gasteiger partial charge in [-0.15, -0.1) is 0 Å². The minimum atomic E-state index is -1.33. The number of unbranched alkanes of at least 4 members (excludes halogenated alkanes) is 2. The number of alkyl carbamates (subject to hydrolysis) is 1. The minimum Gasteiger partial charge on any atom is -0.446 e. The molecule has 9 nitrogen and oxygen atoms in total. The van der Waals surface area contributed by atoms with Crippen LogP contribution in [-0.4, -0.2) is 71.6 Å². The molecule has 1 N–H and O–H groups in total. The van der Waals surface area contributed by atoms with Gasteiger partial charge in [0, 0.05) is 44.1 Å². The molecule has 0 aromatic heterocycles. The van der Waals surface area contributed by atoms with Crippen LogP contribution in [0, 0.1) is 57.7 Å². The summed E-state index contributed by atoms with van der Waals surface area (Å²) in [5, 5.41) is 12.0. The SMILES string of the molecule is CC(C)CCC[C@@H](C)[C@H]1CCC2C3CC=C4C[C@@H](OC(=O)NCCCCCC(=O)N5C[C@H](OP(OCCC#N)N(C(C)C)C(C)C)C[C@H]5C)CC[C@]4(C)C3CC[C@@]21C. The predicted octanol–water partition coefficient (Wildman–Crippen LogP) is 12.0. The van der Waals surface area contributed by atoms with Crippen LogP contribution in [0.5, 0.6) is 0 Å². The molecule has 0 spiro atoms. The second-order valence-corrected chi connectivity index (χ2v) is 22.1. The molecule has 0 aromatic carbocycles. The fraction of sp³-hybridized carbons (Fsp3) is 0.896. The van der Waals surface area contributed by atoms with Crippen molar-refractivity contribution < 1.29 is 23.4 Å². The third kappa shape index (κ3) is 11.4. The standard InChI is InChI=1S/C48H83N4O5P/c1-33(2)16-14-17-36(7)42-21-22-43-41-20-19-38-31-39(23-25-47(38,9)44(41)24-26-48(42,43)10)56-46(54)50-28-13-11-12-18-45(53)51-32-40(30-37(51)8)57-58(55-29-15-27-49)52(34(3)4)35(5)6/h19,33-37,39-44H,11-18,20-26,28-32H2,1-10H3,(H,50,54)/t36-,37-,39+,40-,41?,42-,43?,44?,47+,48-,58?/m1/s1. The van der Waals surface area contributed by atoms with Crippen molar-refractivity contribution in [2.45, 2.75) is 209 Å². The van der Waals surface area contributed by atoms with Crippen LogP contribution in [0.25, 0.3) is 0 Å². The molecule has 1 aliphatic heterocycles. The zero-order chi connectivity index (χ0) is 42.2. The van der Waals surface area contributed by atoms with Gasteiger partial charge in [-0.1, -0.05) is 72.0 Å². The number of hydrogen-bond acceptors (Lipinski definition) is 7. The van der Waals surface area contributed by atoms with Gasteiger partial charge < -0.3 is 24.0 Å². The normalized spacial score (nSPS) is 33.1. The number of carbonyl (C=O) groups excluding carboxylic acids is 2. The lowest BCUT2D eigenvalue weighted by atomic mass is 9.47. The molecule has 5 aliphatic rings. The molecule has 1 saturated heterocycles. The van der Waals surface area contributed by atoms with Gasteiger partial charge in [0.05, 0.1) is 25.2 Å². The number of carbonyl (C=O) groups is 2. The molecule has 58 heavy (non-hydrogen) atoms. The van der Waals surface area contributed by atoms with E-state index < -0.39 is 8.53 Å². The summed E-state index contributed by atoms with van der Waals surface area (Å²) in [4.78, 5) is 28.1. The number of fused-ring (bicyclic) bond motifs is 5. The molecule has 5 rings (SSSR count). The molecule has 4 unspecified atom stereocenters. The van der Waals surface area contributed by atoms with Crippen LogP contribution in [0.4, 0.5) is 4.79 Å². The van der Waals surface area contributed by atoms with Crippen molar-refractivity contribution in [2.75, 3.05) is 19.7 Å². The fourth-order valence-corrected chi connectivity index (χ4v) is 14.4. The highest BCUT2D eigenvalue weighted by Crippen LogP contribution is 2.67. The van der Waals surface area contributed by atoms with Crippen LogP contribution in [0.3, 0.4) is 0 Å². The van der Waals surface area contributed by atoms with Crippen molar-refractivity contribution in [2.24, 2.45) is 46.3 Å². The highest BCUT2D eigenvalue weighted by atomic mass is 31.2. The molecular formula is C48H83N4O5P. The number of likely N-dealkylation sites (tertiary alicyclic amines) is 1. The molecule has 0 radical (unpaired) electrons. The maximum Gasteiger partial charge on any atom is 0.407 e. The average Bonchev–Trinajstić information content (AvgIpc) is 3.71. The van der Waals surface area contributed by atoms with E-state index in [4.69, 9.17) is 19.0 Å². The monoisotopic (exact) mass is 827 g/mol. The number of rotatable bonds is 20. The number of hydrogen-bond donors (Lipinski definition) is 1. The Bertz CT molecular complexity index is 1410. The van der Waals surface area contributed by atoms with Crippen LogP contribution >= 0.6 is 8.53 Å². The van der Waals surface area contributed by atoms with E-state index in [1.165, 1.54) is 51.4 Å². The van der Waals surface area contributed by atoms with Gasteiger partial charge in [0.25, 0.3) is 8.53 Å². The summed E-state index contributed by atoms with van der Waals surface area (Å²) in [6.07, 6.45) is 20.2. The highest BCUT2D eigenvalue weighted by Gasteiger charge is 2.59. The summed E-state index contributed by atoms with van der Waals surface area (Å²) in [5.74, 6) is 5.14. The number of allylic oxidation sites excluding steroid dienone is 1. The third-order valence-corrected chi connectivity index (χ3v) is 17.8. The van der Waals surface area contributed by atoms with Gasteiger partial charge in [0.15, 0.2) is 0 Å². The van der Waals surface area contributed by atoms with Crippen LogP contribution in [0.2, 0.25) is 0 Å². The molecule has 4 fully saturated rings. The Labute approximate surface area is 355 Å². The minimum absolute atomic E-state index is 0.0420. The van der Waals surface area contributed by atoms with Gasteiger partial charge in [-0.25, -0.2) is 9.46 Å². The highest BCUT2D eigenvalue weighted by molar-refractivity contribution is 7.44. The predicted molar refractivity (Wildman–Crippen MR) is 236 cm³/mol. The first-order valence-electron chi connectivity index (χ1n) is 23.8. The smallest absolute Gasteiger partial charge is 0.407 e. The van der Waals surface area contributed by atoms with E-state index >= 15 is 0 Å². The zero-order valence-corrected chi connectivity index (χ0v) is 39.3. The number of nitriles is 1. The van der Waals surface area contributed by atoms with Crippen molar-refractivity contribution in [1.29, 1.82) is 5.26 Å². The maximum atomic E-state index is 13.3. The Hall–Kier alpha value is -1.72. The second-order valence-electron chi connectivity index (χ2n) is 20.7. The lowest BCUT2D eigenvalue weighted by Gasteiger charge is -2.58. The molecule has 1 heterocycles. The van der Waals surface area contributed by atoms with E-state index in [2.05, 4.69) is 91.4 Å². The van der Waals surface area contributed by atoms with Gasteiger partial charge in [0.1, 0.15) is 6.10 Å². The fourth-order valence-electron chi connectivity index (χ4n) is 12.7. The molecule has 2 amide bonds. The Balaban J connectivity index is 1.000. The first-order chi connectivity index (χ1) is 27.6. The van der Waals surface area contributed by atoms with E-state index in [1.54, 1.807) is 5.57 Å². The van der Waals surface area contributed by atoms with Crippen LogP contribution in [0.15, 0.2) is 11.6 Å². The second kappa shape index (κ2) is 21.4. The van der Waals surface area contributed by atoms with Gasteiger partial charge in [0.2, 0.25) is 5.91 Å². The Morgan fingerprint density at radius 1 is 0.966 bits per heavy atom. The Morgan fingerprint density at radius 3 is 2.43 bits per heavy atom. The summed E-state index contributed by atoms with van der Waals surface area (Å²) in [6.45, 7) is 24.6. The summed E-state index contributed by atoms with van der Waals surface area (Å²) in [5.41, 5.74) is 2.31. The Morgan fingerprint density at radius 2 is 1.72 bits per heavy atom. The number of nitrogens with one attached hydrogen (secondary N) is 1. The van der Waals surface area contributed by atoms with E-state index in [1.807, 2.05) is 4.90 Å². The van der Waals surface area contributed by atoms with E-state index in [0.29, 0.717) is 38.0 Å². The summed E-state index contributed by atoms with van der Waals surface area (Å²) in [7, 11) is -1.33. The Kier molecular flexibility index (Phi) is 17.4. The van der Waals surface area contributed by atoms with Gasteiger partial charge in [-0.3, -0.25) is 4.79 Å². The van der Waals surface area contributed by atoms with Crippen molar-refractivity contribution in [3.8, 4) is 6.07 Å². The molecule has 0 aromatic rings. The van der Waals surface area contributed by atoms with E-state index in [0.717, 1.165) is 80.5 Å². The first-order valence-corrected chi connectivity index (χ1v) is 24.9. The van der Waals surface area contributed by atoms with E-state index in [-0.39, 0.29) is 47.7 Å². The van der Waals surface area contributed by atoms with Gasteiger partial charge in [-0.05, 0) is 145 Å². The van der Waals surface area contributed by atoms with E-state index in [9.17, 15) is 9.59 Å². The van der Waals surface area contributed by atoms with Crippen molar-refractivity contribution in [3.63, 3.8) is 0 Å². The number of amides is 2. The molecule has 10 heteroatoms. The summed E-state index contributed by atoms with van der Waals surface area (Å²) >= 11 is 0. The van der Waals surface area contributed by atoms with Crippen LogP contribution in [-0.2, 0) is 18.6 Å². The number of nitrogens with zero attached hydrogens (tertiary/aromatic N) is 3. The average molecular weight is 827 g/mol. The van der Waals surface area contributed by atoms with Crippen molar-refractivity contribution in [3.05, 3.63) is 11.6 Å². The molecule has 330 valence electrons. The lowest BCUT2D eigenvalue weighted by Crippen LogP contribution is -2.51. The summed E-state index contributed by atoms with van der Waals surface area (Å²) in [6, 6.07) is 2.74. The topological polar surface area (TPSA) is 104 Å². The van der Waals surface area contributed by atoms with Crippen LogP contribution < -0.4 is 5.32 Å². The first kappa shape index (κ1) is 47.3. The molecule has 4 aliphatic carbocycles. The molecule has 3 saturated carbocycles. The third-order valence-electron chi connectivity index (χ3n) is 15.6. The quantitative estimate of drug-likeness (QED) is 0.0740. The summed E-state index contributed by atoms with van der Waals surface area (Å²) < 4.78 is 20.9. The molecule has 11 atom stereocenters. The van der Waals surface area contributed by atoms with Crippen LogP contribution in [0.1, 0.15) is 178 Å². The zero-order valence-electron chi connectivity index (χ0n) is 38.4. The largest absolute Gasteiger partial charge is 0.446 e. The molecular weight excluding hydrogens is 744 g/mol. The maximum absolute atomic E-state index is 13.3. The van der Waals surface area contributed by atoms with Crippen molar-refractivity contribution >= 4 is 20.5 Å². The molecule has 0 bridgehead atoms. The lowest BCUT2D eigenvalue weighted by molar-refractivity contribution is -0.132. The van der Waals surface area contributed by atoms with Gasteiger partial charge in [-0.2, -0.15) is 5.26 Å².